The number of carbonyl (C=O) groups excluding carboxylic acids is 2. The molecule has 0 aromatic heterocycles. The number of fused-ring (bicyclic) bond motifs is 1. The second kappa shape index (κ2) is 11.3. The Morgan fingerprint density at radius 1 is 1.14 bits per heavy atom. The number of hydrogen-bond acceptors (Lipinski definition) is 5. The summed E-state index contributed by atoms with van der Waals surface area (Å²) in [6.45, 7) is 6.66. The molecule has 4 rings (SSSR count). The van der Waals surface area contributed by atoms with Crippen LogP contribution in [0.4, 0.5) is 0 Å². The van der Waals surface area contributed by atoms with Gasteiger partial charge in [0.15, 0.2) is 5.76 Å². The van der Waals surface area contributed by atoms with E-state index in [2.05, 4.69) is 16.3 Å². The molecule has 1 fully saturated rings. The molecule has 0 aliphatic carbocycles. The van der Waals surface area contributed by atoms with Gasteiger partial charge in [0.1, 0.15) is 23.7 Å². The number of ketones is 1. The molecular weight excluding hydrogens is 487 g/mol. The molecule has 0 saturated carbocycles. The van der Waals surface area contributed by atoms with Gasteiger partial charge in [-0.25, -0.2) is 0 Å². The fraction of sp³-hybridized carbons (Fsp3) is 0.333. The molecule has 6 nitrogen and oxygen atoms in total. The molecule has 2 aromatic rings. The van der Waals surface area contributed by atoms with Crippen LogP contribution in [0.1, 0.15) is 47.4 Å². The van der Waals surface area contributed by atoms with E-state index in [9.17, 15) is 9.59 Å². The Bertz CT molecular complexity index is 1180. The quantitative estimate of drug-likeness (QED) is 0.379. The van der Waals surface area contributed by atoms with Crippen molar-refractivity contribution in [2.24, 2.45) is 0 Å². The van der Waals surface area contributed by atoms with Gasteiger partial charge in [-0.05, 0) is 62.6 Å². The predicted octanol–water partition coefficient (Wildman–Crippen LogP) is 5.69. The zero-order chi connectivity index (χ0) is 24.9. The number of halogens is 2. The molecular formula is C27H28Cl2N2O4. The average Bonchev–Trinajstić information content (AvgIpc) is 3.19. The summed E-state index contributed by atoms with van der Waals surface area (Å²) in [5.41, 5.74) is 1.84. The third-order valence-corrected chi connectivity index (χ3v) is 6.80. The average molecular weight is 515 g/mol. The van der Waals surface area contributed by atoms with Crippen LogP contribution in [0.15, 0.2) is 59.9 Å². The molecule has 2 aliphatic rings. The molecule has 2 aromatic carbocycles. The van der Waals surface area contributed by atoms with E-state index < -0.39 is 0 Å². The van der Waals surface area contributed by atoms with Crippen LogP contribution in [0.25, 0.3) is 0 Å². The Kier molecular flexibility index (Phi) is 8.16. The van der Waals surface area contributed by atoms with Crippen LogP contribution in [0.5, 0.6) is 11.5 Å². The first-order chi connectivity index (χ1) is 16.8. The van der Waals surface area contributed by atoms with Gasteiger partial charge in [-0.1, -0.05) is 41.4 Å². The molecule has 0 radical (unpaired) electrons. The summed E-state index contributed by atoms with van der Waals surface area (Å²) in [4.78, 5) is 27.4. The minimum Gasteiger partial charge on any atom is -0.489 e. The molecule has 35 heavy (non-hydrogen) atoms. The number of piperidine rings is 1. The van der Waals surface area contributed by atoms with Crippen LogP contribution in [-0.4, -0.2) is 48.9 Å². The normalized spacial score (nSPS) is 16.3. The van der Waals surface area contributed by atoms with E-state index in [1.54, 1.807) is 30.3 Å². The van der Waals surface area contributed by atoms with Gasteiger partial charge in [-0.3, -0.25) is 14.5 Å². The summed E-state index contributed by atoms with van der Waals surface area (Å²) in [5, 5.41) is 3.89. The maximum atomic E-state index is 12.6. The number of benzene rings is 2. The lowest BCUT2D eigenvalue weighted by Gasteiger charge is -2.31. The van der Waals surface area contributed by atoms with Gasteiger partial charge in [-0.2, -0.15) is 0 Å². The Morgan fingerprint density at radius 3 is 2.63 bits per heavy atom. The molecule has 8 heteroatoms. The molecule has 1 amide bonds. The second-order valence-corrected chi connectivity index (χ2v) is 9.66. The van der Waals surface area contributed by atoms with Gasteiger partial charge in [0, 0.05) is 31.2 Å². The molecule has 0 bridgehead atoms. The fourth-order valence-electron chi connectivity index (χ4n) is 4.13. The van der Waals surface area contributed by atoms with Crippen molar-refractivity contribution >= 4 is 34.9 Å². The Morgan fingerprint density at radius 2 is 1.91 bits per heavy atom. The van der Waals surface area contributed by atoms with Crippen molar-refractivity contribution in [3.05, 3.63) is 81.1 Å². The van der Waals surface area contributed by atoms with Gasteiger partial charge in [-0.15, -0.1) is 0 Å². The summed E-state index contributed by atoms with van der Waals surface area (Å²) in [5.74, 6) is 1.19. The second-order valence-electron chi connectivity index (χ2n) is 8.85. The fourth-order valence-corrected chi connectivity index (χ4v) is 4.43. The first-order valence-corrected chi connectivity index (χ1v) is 12.4. The standard InChI is InChI=1S/C27H28Cl2N2O4/c1-17(2)26-25(32)24-22(6-5-7-23(24)35-26)34-15-4-3-12-31-13-10-19(11-14-31)30-27(33)18-8-9-20(28)21(29)16-18/h3-9,16,19H,10-15H2,1-2H3,(H,30,33). The van der Waals surface area contributed by atoms with E-state index in [4.69, 9.17) is 32.7 Å². The van der Waals surface area contributed by atoms with Crippen molar-refractivity contribution in [1.29, 1.82) is 0 Å². The summed E-state index contributed by atoms with van der Waals surface area (Å²) < 4.78 is 11.5. The lowest BCUT2D eigenvalue weighted by atomic mass is 10.0. The largest absolute Gasteiger partial charge is 0.489 e. The third-order valence-electron chi connectivity index (χ3n) is 6.06. The van der Waals surface area contributed by atoms with E-state index in [0.29, 0.717) is 45.0 Å². The molecule has 1 saturated heterocycles. The van der Waals surface area contributed by atoms with E-state index in [0.717, 1.165) is 38.0 Å². The monoisotopic (exact) mass is 514 g/mol. The molecule has 1 N–H and O–H groups in total. The van der Waals surface area contributed by atoms with E-state index in [1.165, 1.54) is 0 Å². The maximum Gasteiger partial charge on any atom is 0.251 e. The van der Waals surface area contributed by atoms with Crippen molar-refractivity contribution in [2.45, 2.75) is 32.7 Å². The highest BCUT2D eigenvalue weighted by Crippen LogP contribution is 2.38. The summed E-state index contributed by atoms with van der Waals surface area (Å²) in [7, 11) is 0. The number of allylic oxidation sites excluding steroid dienone is 2. The summed E-state index contributed by atoms with van der Waals surface area (Å²) in [6.07, 6.45) is 5.78. The number of ether oxygens (including phenoxy) is 2. The van der Waals surface area contributed by atoms with Crippen molar-refractivity contribution in [3.8, 4) is 11.5 Å². The minimum atomic E-state index is -0.132. The molecule has 0 atom stereocenters. The van der Waals surface area contributed by atoms with Crippen molar-refractivity contribution < 1.29 is 19.1 Å². The Balaban J connectivity index is 1.20. The predicted molar refractivity (Wildman–Crippen MR) is 138 cm³/mol. The summed E-state index contributed by atoms with van der Waals surface area (Å²) >= 11 is 11.9. The zero-order valence-electron chi connectivity index (χ0n) is 19.8. The molecule has 2 aliphatic heterocycles. The van der Waals surface area contributed by atoms with E-state index in [1.807, 2.05) is 26.0 Å². The highest BCUT2D eigenvalue weighted by molar-refractivity contribution is 6.42. The lowest BCUT2D eigenvalue weighted by molar-refractivity contribution is 0.0913. The van der Waals surface area contributed by atoms with Crippen LogP contribution < -0.4 is 14.8 Å². The first kappa shape index (κ1) is 25.3. The number of Topliss-reactive ketones (excluding diaryl/α,β-unsaturated/α-hetero) is 1. The van der Waals surface area contributed by atoms with Gasteiger partial charge in [0.2, 0.25) is 5.78 Å². The van der Waals surface area contributed by atoms with Crippen LogP contribution in [0.2, 0.25) is 10.0 Å². The zero-order valence-corrected chi connectivity index (χ0v) is 21.3. The molecule has 2 heterocycles. The SMILES string of the molecule is CC(C)=C1Oc2cccc(OCC=CCN3CCC(NC(=O)c4ccc(Cl)c(Cl)c4)CC3)c2C1=O. The van der Waals surface area contributed by atoms with Gasteiger partial charge < -0.3 is 14.8 Å². The topological polar surface area (TPSA) is 67.9 Å². The highest BCUT2D eigenvalue weighted by Gasteiger charge is 2.31. The number of carbonyl (C=O) groups is 2. The minimum absolute atomic E-state index is 0.131. The van der Waals surface area contributed by atoms with Crippen LogP contribution >= 0.6 is 23.2 Å². The summed E-state index contributed by atoms with van der Waals surface area (Å²) in [6, 6.07) is 10.4. The van der Waals surface area contributed by atoms with Gasteiger partial charge in [0.25, 0.3) is 5.91 Å². The number of likely N-dealkylation sites (tertiary alicyclic amines) is 1. The number of nitrogens with zero attached hydrogens (tertiary/aromatic N) is 1. The van der Waals surface area contributed by atoms with Gasteiger partial charge >= 0.3 is 0 Å². The third kappa shape index (κ3) is 6.07. The molecule has 184 valence electrons. The molecule has 0 unspecified atom stereocenters. The number of nitrogens with one attached hydrogen (secondary N) is 1. The maximum absolute atomic E-state index is 12.6. The van der Waals surface area contributed by atoms with Crippen LogP contribution in [0, 0.1) is 0 Å². The lowest BCUT2D eigenvalue weighted by Crippen LogP contribution is -2.44. The van der Waals surface area contributed by atoms with Crippen molar-refractivity contribution in [3.63, 3.8) is 0 Å². The van der Waals surface area contributed by atoms with Crippen molar-refractivity contribution in [2.75, 3.05) is 26.2 Å². The Labute approximate surface area is 215 Å². The highest BCUT2D eigenvalue weighted by atomic mass is 35.5. The van der Waals surface area contributed by atoms with Crippen LogP contribution in [0.3, 0.4) is 0 Å². The first-order valence-electron chi connectivity index (χ1n) is 11.6. The Hall–Kier alpha value is -2.80. The van der Waals surface area contributed by atoms with Gasteiger partial charge in [0.05, 0.1) is 10.0 Å². The number of rotatable bonds is 7. The van der Waals surface area contributed by atoms with Crippen LogP contribution in [-0.2, 0) is 0 Å². The smallest absolute Gasteiger partial charge is 0.251 e. The number of amides is 1. The van der Waals surface area contributed by atoms with Crippen molar-refractivity contribution in [1.82, 2.24) is 10.2 Å². The van der Waals surface area contributed by atoms with E-state index in [-0.39, 0.29) is 17.7 Å². The number of hydrogen-bond donors (Lipinski definition) is 1. The van der Waals surface area contributed by atoms with E-state index >= 15 is 0 Å². The molecule has 0 spiro atoms.